The summed E-state index contributed by atoms with van der Waals surface area (Å²) in [6.45, 7) is 2.76. The molecule has 1 fully saturated rings. The van der Waals surface area contributed by atoms with Crippen LogP contribution in [0.2, 0.25) is 0 Å². The van der Waals surface area contributed by atoms with Crippen LogP contribution in [0.5, 0.6) is 5.75 Å². The van der Waals surface area contributed by atoms with E-state index in [-0.39, 0.29) is 35.8 Å². The summed E-state index contributed by atoms with van der Waals surface area (Å²) in [6.07, 6.45) is 3.77. The largest absolute Gasteiger partial charge is 0.492 e. The summed E-state index contributed by atoms with van der Waals surface area (Å²) >= 11 is 0. The van der Waals surface area contributed by atoms with Crippen LogP contribution < -0.4 is 14.4 Å². The molecule has 1 N–H and O–H groups in total. The van der Waals surface area contributed by atoms with Gasteiger partial charge in [-0.05, 0) is 49.6 Å². The highest BCUT2D eigenvalue weighted by atomic mass is 32.2. The number of hydrogen-bond donors (Lipinski definition) is 1. The fourth-order valence-electron chi connectivity index (χ4n) is 4.23. The number of nitro groups is 1. The van der Waals surface area contributed by atoms with Gasteiger partial charge in [0.05, 0.1) is 28.3 Å². The Hall–Kier alpha value is -3.23. The highest BCUT2D eigenvalue weighted by Crippen LogP contribution is 2.26. The Labute approximate surface area is 222 Å². The summed E-state index contributed by atoms with van der Waals surface area (Å²) in [4.78, 5) is 23.6. The van der Waals surface area contributed by atoms with Gasteiger partial charge in [0.1, 0.15) is 18.4 Å². The van der Waals surface area contributed by atoms with E-state index in [2.05, 4.69) is 5.32 Å². The third-order valence-corrected chi connectivity index (χ3v) is 9.16. The molecule has 38 heavy (non-hydrogen) atoms. The van der Waals surface area contributed by atoms with E-state index in [4.69, 9.17) is 4.74 Å². The molecular formula is C24H32N4O8S2. The van der Waals surface area contributed by atoms with Gasteiger partial charge in [0.2, 0.25) is 26.0 Å². The number of hydrogen-bond acceptors (Lipinski definition) is 8. The summed E-state index contributed by atoms with van der Waals surface area (Å²) in [5.74, 6) is -0.172. The Bertz CT molecular complexity index is 1340. The van der Waals surface area contributed by atoms with Crippen molar-refractivity contribution in [3.63, 3.8) is 0 Å². The molecule has 0 bridgehead atoms. The number of nitro benzene ring substituents is 1. The first-order valence-electron chi connectivity index (χ1n) is 12.2. The van der Waals surface area contributed by atoms with E-state index in [1.165, 1.54) is 34.6 Å². The number of rotatable bonds is 12. The van der Waals surface area contributed by atoms with E-state index in [0.29, 0.717) is 18.8 Å². The predicted molar refractivity (Wildman–Crippen MR) is 142 cm³/mol. The van der Waals surface area contributed by atoms with E-state index in [0.717, 1.165) is 35.9 Å². The van der Waals surface area contributed by atoms with Crippen LogP contribution in [0.4, 0.5) is 11.4 Å². The first-order valence-corrected chi connectivity index (χ1v) is 15.5. The zero-order valence-electron chi connectivity index (χ0n) is 21.3. The Morgan fingerprint density at radius 2 is 1.76 bits per heavy atom. The Balaban J connectivity index is 1.60. The van der Waals surface area contributed by atoms with E-state index in [1.54, 1.807) is 19.1 Å². The fraction of sp³-hybridized carbons (Fsp3) is 0.458. The topological polar surface area (TPSA) is 156 Å². The zero-order valence-corrected chi connectivity index (χ0v) is 22.9. The van der Waals surface area contributed by atoms with Crippen molar-refractivity contribution in [2.75, 3.05) is 36.8 Å². The fourth-order valence-corrected chi connectivity index (χ4v) is 6.95. The van der Waals surface area contributed by atoms with E-state index < -0.39 is 36.9 Å². The monoisotopic (exact) mass is 568 g/mol. The van der Waals surface area contributed by atoms with Gasteiger partial charge < -0.3 is 10.1 Å². The molecule has 1 amide bonds. The minimum Gasteiger partial charge on any atom is -0.492 e. The maximum absolute atomic E-state index is 12.9. The van der Waals surface area contributed by atoms with Crippen molar-refractivity contribution in [3.05, 3.63) is 58.6 Å². The number of non-ortho nitro benzene ring substituents is 1. The summed E-state index contributed by atoms with van der Waals surface area (Å²) in [6, 6.07) is 10.00. The lowest BCUT2D eigenvalue weighted by atomic mass is 10.2. The molecule has 2 aromatic rings. The highest BCUT2D eigenvalue weighted by molar-refractivity contribution is 7.92. The number of benzene rings is 2. The number of piperidine rings is 1. The molecule has 0 unspecified atom stereocenters. The van der Waals surface area contributed by atoms with Gasteiger partial charge in [0.25, 0.3) is 5.69 Å². The maximum atomic E-state index is 12.9. The van der Waals surface area contributed by atoms with Crippen LogP contribution in [0.15, 0.2) is 53.4 Å². The summed E-state index contributed by atoms with van der Waals surface area (Å²) in [5, 5.41) is 13.8. The summed E-state index contributed by atoms with van der Waals surface area (Å²) < 4.78 is 58.6. The molecule has 3 rings (SSSR count). The predicted octanol–water partition coefficient (Wildman–Crippen LogP) is 2.51. The lowest BCUT2D eigenvalue weighted by Gasteiger charge is -2.30. The number of ether oxygens (including phenoxy) is 1. The van der Waals surface area contributed by atoms with Crippen LogP contribution in [-0.2, 0) is 24.8 Å². The van der Waals surface area contributed by atoms with Crippen molar-refractivity contribution < 1.29 is 31.3 Å². The molecule has 2 aromatic carbocycles. The number of sulfonamides is 2. The van der Waals surface area contributed by atoms with Crippen LogP contribution in [0, 0.1) is 10.1 Å². The first-order chi connectivity index (χ1) is 17.9. The smallest absolute Gasteiger partial charge is 0.271 e. The molecule has 1 heterocycles. The Kier molecular flexibility index (Phi) is 9.68. The lowest BCUT2D eigenvalue weighted by Crippen LogP contribution is -2.50. The van der Waals surface area contributed by atoms with Crippen molar-refractivity contribution in [1.29, 1.82) is 0 Å². The second-order valence-corrected chi connectivity index (χ2v) is 12.6. The standard InChI is InChI=1S/C24H32N4O8S2/c1-3-23(27(37(2,32)33)19-8-7-9-20(18-19)28(30)31)24(29)25-14-17-36-21-10-12-22(13-11-21)38(34,35)26-15-5-4-6-16-26/h7-13,18,23H,3-6,14-17H2,1-2H3,(H,25,29)/t23-/m1/s1. The van der Waals surface area contributed by atoms with Gasteiger partial charge in [-0.25, -0.2) is 16.8 Å². The molecular weight excluding hydrogens is 536 g/mol. The average Bonchev–Trinajstić information content (AvgIpc) is 2.89. The second-order valence-electron chi connectivity index (χ2n) is 8.84. The molecule has 1 aliphatic heterocycles. The van der Waals surface area contributed by atoms with Crippen LogP contribution in [-0.4, -0.2) is 70.5 Å². The number of anilines is 1. The zero-order chi connectivity index (χ0) is 27.9. The van der Waals surface area contributed by atoms with Gasteiger partial charge in [-0.15, -0.1) is 0 Å². The van der Waals surface area contributed by atoms with E-state index in [1.807, 2.05) is 0 Å². The molecule has 0 aliphatic carbocycles. The molecule has 0 radical (unpaired) electrons. The molecule has 208 valence electrons. The van der Waals surface area contributed by atoms with Gasteiger partial charge in [-0.1, -0.05) is 19.4 Å². The van der Waals surface area contributed by atoms with Crippen LogP contribution in [0.25, 0.3) is 0 Å². The minimum atomic E-state index is -3.95. The Morgan fingerprint density at radius 3 is 2.34 bits per heavy atom. The molecule has 1 atom stereocenters. The van der Waals surface area contributed by atoms with Crippen molar-refractivity contribution in [1.82, 2.24) is 9.62 Å². The van der Waals surface area contributed by atoms with E-state index in [9.17, 15) is 31.7 Å². The maximum Gasteiger partial charge on any atom is 0.271 e. The third-order valence-electron chi connectivity index (χ3n) is 6.07. The van der Waals surface area contributed by atoms with Crippen molar-refractivity contribution in [2.24, 2.45) is 0 Å². The first kappa shape index (κ1) is 29.3. The molecule has 12 nitrogen and oxygen atoms in total. The summed E-state index contributed by atoms with van der Waals surface area (Å²) in [7, 11) is -7.50. The van der Waals surface area contributed by atoms with Gasteiger partial charge in [0, 0.05) is 25.2 Å². The highest BCUT2D eigenvalue weighted by Gasteiger charge is 2.32. The van der Waals surface area contributed by atoms with Crippen molar-refractivity contribution >= 4 is 37.3 Å². The third kappa shape index (κ3) is 7.20. The molecule has 1 saturated heterocycles. The van der Waals surface area contributed by atoms with Gasteiger partial charge in [-0.2, -0.15) is 4.31 Å². The quantitative estimate of drug-likeness (QED) is 0.233. The molecule has 0 aromatic heterocycles. The number of carbonyl (C=O) groups excluding carboxylic acids is 1. The number of nitrogens with one attached hydrogen (secondary N) is 1. The molecule has 0 saturated carbocycles. The molecule has 0 spiro atoms. The lowest BCUT2D eigenvalue weighted by molar-refractivity contribution is -0.384. The number of nitrogens with zero attached hydrogens (tertiary/aromatic N) is 3. The average molecular weight is 569 g/mol. The van der Waals surface area contributed by atoms with Crippen LogP contribution in [0.3, 0.4) is 0 Å². The van der Waals surface area contributed by atoms with Crippen molar-refractivity contribution in [3.8, 4) is 5.75 Å². The normalized spacial score (nSPS) is 15.4. The van der Waals surface area contributed by atoms with Crippen LogP contribution in [0.1, 0.15) is 32.6 Å². The van der Waals surface area contributed by atoms with Gasteiger partial charge >= 0.3 is 0 Å². The Morgan fingerprint density at radius 1 is 1.11 bits per heavy atom. The summed E-state index contributed by atoms with van der Waals surface area (Å²) in [5.41, 5.74) is -0.283. The number of amides is 1. The van der Waals surface area contributed by atoms with Crippen molar-refractivity contribution in [2.45, 2.75) is 43.5 Å². The van der Waals surface area contributed by atoms with E-state index >= 15 is 0 Å². The SMILES string of the molecule is CC[C@H](C(=O)NCCOc1ccc(S(=O)(=O)N2CCCCC2)cc1)N(c1cccc([N+](=O)[O-])c1)S(C)(=O)=O. The van der Waals surface area contributed by atoms with Crippen LogP contribution >= 0.6 is 0 Å². The van der Waals surface area contributed by atoms with Gasteiger partial charge in [0.15, 0.2) is 0 Å². The molecule has 1 aliphatic rings. The minimum absolute atomic E-state index is 0.0135. The second kappa shape index (κ2) is 12.5. The van der Waals surface area contributed by atoms with Gasteiger partial charge in [-0.3, -0.25) is 19.2 Å². The molecule has 14 heteroatoms. The number of carbonyl (C=O) groups is 1.